The van der Waals surface area contributed by atoms with Crippen molar-refractivity contribution in [3.8, 4) is 5.75 Å². The van der Waals surface area contributed by atoms with Gasteiger partial charge in [-0.1, -0.05) is 18.2 Å². The van der Waals surface area contributed by atoms with Crippen LogP contribution in [0, 0.1) is 12.7 Å². The van der Waals surface area contributed by atoms with Gasteiger partial charge in [0, 0.05) is 24.2 Å². The van der Waals surface area contributed by atoms with E-state index in [0.717, 1.165) is 5.56 Å². The summed E-state index contributed by atoms with van der Waals surface area (Å²) in [5, 5.41) is 11.0. The normalized spacial score (nSPS) is 18.3. The molecule has 0 saturated carbocycles. The number of aryl methyl sites for hydroxylation is 1. The van der Waals surface area contributed by atoms with Gasteiger partial charge in [0.15, 0.2) is 0 Å². The van der Waals surface area contributed by atoms with Gasteiger partial charge in [0.2, 0.25) is 0 Å². The van der Waals surface area contributed by atoms with Crippen LogP contribution in [0.4, 0.5) is 4.39 Å². The predicted molar refractivity (Wildman–Crippen MR) is 112 cm³/mol. The number of ether oxygens (including phenoxy) is 1. The largest absolute Gasteiger partial charge is 0.507 e. The molecule has 3 rings (SSSR count). The first-order valence-electron chi connectivity index (χ1n) is 9.58. The fourth-order valence-electron chi connectivity index (χ4n) is 3.62. The number of aliphatic hydroxyl groups excluding tert-OH is 1. The fraction of sp³-hybridized carbons (Fsp3) is 0.304. The standard InChI is InChI=1S/C23H25FN2O4/c1-14-13-15(9-10-18(14)30-4)21(27)19-20(16-7-5-6-8-17(16)24)26(12-11-25(2)3)23(29)22(19)28/h5-10,13,20,27H,11-12H2,1-4H3/b21-19+. The second kappa shape index (κ2) is 8.67. The minimum absolute atomic E-state index is 0.117. The number of nitrogens with zero attached hydrogens (tertiary/aromatic N) is 2. The lowest BCUT2D eigenvalue weighted by atomic mass is 9.94. The zero-order chi connectivity index (χ0) is 22.0. The first-order valence-corrected chi connectivity index (χ1v) is 9.58. The van der Waals surface area contributed by atoms with Crippen LogP contribution >= 0.6 is 0 Å². The summed E-state index contributed by atoms with van der Waals surface area (Å²) in [7, 11) is 5.22. The highest BCUT2D eigenvalue weighted by Gasteiger charge is 2.46. The van der Waals surface area contributed by atoms with Crippen molar-refractivity contribution in [3.63, 3.8) is 0 Å². The third kappa shape index (κ3) is 3.93. The summed E-state index contributed by atoms with van der Waals surface area (Å²) in [6.07, 6.45) is 0. The lowest BCUT2D eigenvalue weighted by molar-refractivity contribution is -0.140. The number of carbonyl (C=O) groups excluding carboxylic acids is 2. The van der Waals surface area contributed by atoms with Crippen LogP contribution in [0.25, 0.3) is 5.76 Å². The SMILES string of the molecule is COc1ccc(/C(O)=C2\C(=O)C(=O)N(CCN(C)C)C2c2ccccc2F)cc1C. The molecule has 0 aromatic heterocycles. The molecule has 6 nitrogen and oxygen atoms in total. The summed E-state index contributed by atoms with van der Waals surface area (Å²) in [5.74, 6) is -1.83. The Bertz CT molecular complexity index is 1020. The molecule has 1 fully saturated rings. The molecule has 2 aromatic rings. The molecule has 0 aliphatic carbocycles. The zero-order valence-electron chi connectivity index (χ0n) is 17.5. The van der Waals surface area contributed by atoms with E-state index in [-0.39, 0.29) is 23.4 Å². The van der Waals surface area contributed by atoms with Gasteiger partial charge < -0.3 is 19.6 Å². The van der Waals surface area contributed by atoms with Crippen LogP contribution in [-0.4, -0.2) is 60.9 Å². The highest BCUT2D eigenvalue weighted by Crippen LogP contribution is 2.40. The van der Waals surface area contributed by atoms with Gasteiger partial charge in [0.25, 0.3) is 11.7 Å². The number of hydrogen-bond acceptors (Lipinski definition) is 5. The maximum atomic E-state index is 14.7. The number of halogens is 1. The quantitative estimate of drug-likeness (QED) is 0.449. The third-order valence-corrected chi connectivity index (χ3v) is 5.20. The van der Waals surface area contributed by atoms with Gasteiger partial charge in [-0.15, -0.1) is 0 Å². The molecular weight excluding hydrogens is 387 g/mol. The number of methoxy groups -OCH3 is 1. The van der Waals surface area contributed by atoms with E-state index in [0.29, 0.717) is 17.9 Å². The molecule has 1 N–H and O–H groups in total. The summed E-state index contributed by atoms with van der Waals surface area (Å²) in [4.78, 5) is 28.9. The van der Waals surface area contributed by atoms with Crippen molar-refractivity contribution in [1.82, 2.24) is 9.80 Å². The van der Waals surface area contributed by atoms with Crippen molar-refractivity contribution >= 4 is 17.4 Å². The molecule has 0 radical (unpaired) electrons. The molecule has 1 heterocycles. The van der Waals surface area contributed by atoms with Gasteiger partial charge in [0.1, 0.15) is 17.3 Å². The lowest BCUT2D eigenvalue weighted by Gasteiger charge is -2.26. The molecule has 1 aliphatic rings. The summed E-state index contributed by atoms with van der Waals surface area (Å²) in [5.41, 5.74) is 1.17. The van der Waals surface area contributed by atoms with Crippen LogP contribution in [-0.2, 0) is 9.59 Å². The number of likely N-dealkylation sites (tertiary alicyclic amines) is 1. The summed E-state index contributed by atoms with van der Waals surface area (Å²) in [6, 6.07) is 9.92. The highest BCUT2D eigenvalue weighted by atomic mass is 19.1. The molecule has 0 spiro atoms. The summed E-state index contributed by atoms with van der Waals surface area (Å²) in [6.45, 7) is 2.51. The van der Waals surface area contributed by atoms with Crippen LogP contribution in [0.1, 0.15) is 22.7 Å². The number of carbonyl (C=O) groups is 2. The molecule has 1 unspecified atom stereocenters. The lowest BCUT2D eigenvalue weighted by Crippen LogP contribution is -2.35. The van der Waals surface area contributed by atoms with Gasteiger partial charge in [0.05, 0.1) is 18.7 Å². The molecule has 0 bridgehead atoms. The maximum Gasteiger partial charge on any atom is 0.295 e. The number of hydrogen-bond donors (Lipinski definition) is 1. The van der Waals surface area contributed by atoms with Gasteiger partial charge in [-0.2, -0.15) is 0 Å². The van der Waals surface area contributed by atoms with E-state index >= 15 is 0 Å². The Kier molecular flexibility index (Phi) is 6.22. The minimum Gasteiger partial charge on any atom is -0.507 e. The van der Waals surface area contributed by atoms with E-state index in [1.165, 1.54) is 30.2 Å². The number of benzene rings is 2. The predicted octanol–water partition coefficient (Wildman–Crippen LogP) is 3.13. The van der Waals surface area contributed by atoms with Crippen LogP contribution in [0.3, 0.4) is 0 Å². The maximum absolute atomic E-state index is 14.7. The van der Waals surface area contributed by atoms with E-state index in [1.807, 2.05) is 19.0 Å². The second-order valence-corrected chi connectivity index (χ2v) is 7.50. The van der Waals surface area contributed by atoms with Crippen LogP contribution in [0.5, 0.6) is 5.75 Å². The topological polar surface area (TPSA) is 70.1 Å². The Hall–Kier alpha value is -3.19. The minimum atomic E-state index is -1.01. The number of amides is 1. The Morgan fingerprint density at radius 2 is 1.90 bits per heavy atom. The van der Waals surface area contributed by atoms with Crippen molar-refractivity contribution in [2.75, 3.05) is 34.3 Å². The Labute approximate surface area is 175 Å². The van der Waals surface area contributed by atoms with Crippen molar-refractivity contribution in [3.05, 3.63) is 70.5 Å². The second-order valence-electron chi connectivity index (χ2n) is 7.50. The number of ketones is 1. The van der Waals surface area contributed by atoms with Gasteiger partial charge >= 0.3 is 0 Å². The van der Waals surface area contributed by atoms with Crippen molar-refractivity contribution in [1.29, 1.82) is 0 Å². The number of Topliss-reactive ketones (excluding diaryl/α,β-unsaturated/α-hetero) is 1. The summed E-state index contributed by atoms with van der Waals surface area (Å²) >= 11 is 0. The van der Waals surface area contributed by atoms with Gasteiger partial charge in [-0.3, -0.25) is 9.59 Å². The van der Waals surface area contributed by atoms with Crippen LogP contribution in [0.15, 0.2) is 48.0 Å². The van der Waals surface area contributed by atoms with E-state index in [1.54, 1.807) is 31.2 Å². The number of rotatable bonds is 6. The molecular formula is C23H25FN2O4. The fourth-order valence-corrected chi connectivity index (χ4v) is 3.62. The van der Waals surface area contributed by atoms with Crippen molar-refractivity contribution < 1.29 is 23.8 Å². The first-order chi connectivity index (χ1) is 14.3. The Morgan fingerprint density at radius 1 is 1.20 bits per heavy atom. The number of aliphatic hydroxyl groups is 1. The zero-order valence-corrected chi connectivity index (χ0v) is 17.5. The average molecular weight is 412 g/mol. The van der Waals surface area contributed by atoms with Crippen LogP contribution < -0.4 is 4.74 Å². The van der Waals surface area contributed by atoms with Gasteiger partial charge in [-0.05, 0) is 50.8 Å². The van der Waals surface area contributed by atoms with Gasteiger partial charge in [-0.25, -0.2) is 4.39 Å². The van der Waals surface area contributed by atoms with E-state index < -0.39 is 23.5 Å². The highest BCUT2D eigenvalue weighted by molar-refractivity contribution is 6.46. The average Bonchev–Trinajstić information content (AvgIpc) is 2.96. The van der Waals surface area contributed by atoms with Crippen molar-refractivity contribution in [2.45, 2.75) is 13.0 Å². The molecule has 1 aliphatic heterocycles. The molecule has 1 saturated heterocycles. The molecule has 2 aromatic carbocycles. The molecule has 158 valence electrons. The van der Waals surface area contributed by atoms with E-state index in [2.05, 4.69) is 0 Å². The van der Waals surface area contributed by atoms with Crippen molar-refractivity contribution in [2.24, 2.45) is 0 Å². The Morgan fingerprint density at radius 3 is 2.50 bits per heavy atom. The summed E-state index contributed by atoms with van der Waals surface area (Å²) < 4.78 is 19.9. The first kappa shape index (κ1) is 21.5. The third-order valence-electron chi connectivity index (χ3n) is 5.20. The number of likely N-dealkylation sites (N-methyl/N-ethyl adjacent to an activating group) is 1. The van der Waals surface area contributed by atoms with E-state index in [4.69, 9.17) is 4.74 Å². The molecule has 30 heavy (non-hydrogen) atoms. The Balaban J connectivity index is 2.18. The molecule has 7 heteroatoms. The van der Waals surface area contributed by atoms with E-state index in [9.17, 15) is 19.1 Å². The molecule has 1 atom stereocenters. The monoisotopic (exact) mass is 412 g/mol. The van der Waals surface area contributed by atoms with Crippen LogP contribution in [0.2, 0.25) is 0 Å². The molecule has 1 amide bonds. The smallest absolute Gasteiger partial charge is 0.295 e.